The average molecular weight is 236 g/mol. The van der Waals surface area contributed by atoms with Crippen molar-refractivity contribution in [3.8, 4) is 5.75 Å². The predicted octanol–water partition coefficient (Wildman–Crippen LogP) is 2.80. The Morgan fingerprint density at radius 2 is 2.00 bits per heavy atom. The van der Waals surface area contributed by atoms with Gasteiger partial charge in [0.25, 0.3) is 0 Å². The van der Waals surface area contributed by atoms with Gasteiger partial charge in [-0.05, 0) is 58.5 Å². The molecule has 96 valence electrons. The molecule has 0 saturated carbocycles. The van der Waals surface area contributed by atoms with E-state index in [2.05, 4.69) is 43.5 Å². The lowest BCUT2D eigenvalue weighted by atomic mass is 10.1. The molecule has 17 heavy (non-hydrogen) atoms. The SMILES string of the molecule is CCOc1ccc(NCC(C)(C)NC)cc1C. The molecular weight excluding hydrogens is 212 g/mol. The van der Waals surface area contributed by atoms with Crippen molar-refractivity contribution in [1.82, 2.24) is 5.32 Å². The Morgan fingerprint density at radius 3 is 2.53 bits per heavy atom. The number of hydrogen-bond acceptors (Lipinski definition) is 3. The number of nitrogens with one attached hydrogen (secondary N) is 2. The van der Waals surface area contributed by atoms with Gasteiger partial charge in [-0.3, -0.25) is 0 Å². The van der Waals surface area contributed by atoms with E-state index in [-0.39, 0.29) is 5.54 Å². The Bertz CT molecular complexity index is 361. The van der Waals surface area contributed by atoms with Gasteiger partial charge in [-0.15, -0.1) is 0 Å². The average Bonchev–Trinajstić information content (AvgIpc) is 2.30. The Labute approximate surface area is 105 Å². The third-order valence-electron chi connectivity index (χ3n) is 2.89. The molecule has 0 aliphatic heterocycles. The summed E-state index contributed by atoms with van der Waals surface area (Å²) < 4.78 is 5.52. The molecule has 0 heterocycles. The largest absolute Gasteiger partial charge is 0.494 e. The molecule has 0 aliphatic carbocycles. The van der Waals surface area contributed by atoms with Gasteiger partial charge >= 0.3 is 0 Å². The first-order valence-electron chi connectivity index (χ1n) is 6.15. The molecule has 1 aromatic carbocycles. The molecule has 2 N–H and O–H groups in total. The fourth-order valence-electron chi connectivity index (χ4n) is 1.49. The summed E-state index contributed by atoms with van der Waals surface area (Å²) in [6.45, 7) is 10.0. The van der Waals surface area contributed by atoms with Gasteiger partial charge in [0.1, 0.15) is 5.75 Å². The van der Waals surface area contributed by atoms with Gasteiger partial charge in [0.2, 0.25) is 0 Å². The molecule has 0 aliphatic rings. The van der Waals surface area contributed by atoms with Crippen LogP contribution in [0.4, 0.5) is 5.69 Å². The molecule has 0 fully saturated rings. The van der Waals surface area contributed by atoms with E-state index >= 15 is 0 Å². The number of likely N-dealkylation sites (N-methyl/N-ethyl adjacent to an activating group) is 1. The van der Waals surface area contributed by atoms with E-state index in [1.54, 1.807) is 0 Å². The zero-order valence-electron chi connectivity index (χ0n) is 11.6. The van der Waals surface area contributed by atoms with Gasteiger partial charge in [-0.2, -0.15) is 0 Å². The Hall–Kier alpha value is -1.22. The highest BCUT2D eigenvalue weighted by Gasteiger charge is 2.13. The minimum Gasteiger partial charge on any atom is -0.494 e. The smallest absolute Gasteiger partial charge is 0.122 e. The maximum atomic E-state index is 5.52. The molecule has 0 unspecified atom stereocenters. The number of benzene rings is 1. The van der Waals surface area contributed by atoms with Crippen molar-refractivity contribution in [2.75, 3.05) is 25.5 Å². The summed E-state index contributed by atoms with van der Waals surface area (Å²) >= 11 is 0. The molecule has 0 radical (unpaired) electrons. The van der Waals surface area contributed by atoms with Crippen molar-refractivity contribution in [2.45, 2.75) is 33.2 Å². The van der Waals surface area contributed by atoms with Crippen LogP contribution in [0, 0.1) is 6.92 Å². The lowest BCUT2D eigenvalue weighted by Gasteiger charge is -2.25. The second kappa shape index (κ2) is 5.92. The lowest BCUT2D eigenvalue weighted by Crippen LogP contribution is -2.42. The van der Waals surface area contributed by atoms with E-state index in [9.17, 15) is 0 Å². The quantitative estimate of drug-likeness (QED) is 0.797. The van der Waals surface area contributed by atoms with E-state index in [0.29, 0.717) is 6.61 Å². The minimum atomic E-state index is 0.0898. The van der Waals surface area contributed by atoms with Crippen LogP contribution in [0.3, 0.4) is 0 Å². The molecule has 1 aromatic rings. The Morgan fingerprint density at radius 1 is 1.29 bits per heavy atom. The van der Waals surface area contributed by atoms with Crippen LogP contribution in [0.2, 0.25) is 0 Å². The van der Waals surface area contributed by atoms with E-state index in [1.807, 2.05) is 20.0 Å². The summed E-state index contributed by atoms with van der Waals surface area (Å²) in [4.78, 5) is 0. The van der Waals surface area contributed by atoms with Crippen LogP contribution in [0.15, 0.2) is 18.2 Å². The van der Waals surface area contributed by atoms with Crippen molar-refractivity contribution in [3.05, 3.63) is 23.8 Å². The second-order valence-electron chi connectivity index (χ2n) is 4.90. The summed E-state index contributed by atoms with van der Waals surface area (Å²) in [5, 5.41) is 6.70. The van der Waals surface area contributed by atoms with Crippen molar-refractivity contribution in [2.24, 2.45) is 0 Å². The predicted molar refractivity (Wildman–Crippen MR) is 74.0 cm³/mol. The number of anilines is 1. The Kier molecular flexibility index (Phi) is 4.82. The maximum absolute atomic E-state index is 5.52. The zero-order valence-corrected chi connectivity index (χ0v) is 11.6. The molecule has 0 amide bonds. The first kappa shape index (κ1) is 13.8. The molecule has 0 aromatic heterocycles. The minimum absolute atomic E-state index is 0.0898. The van der Waals surface area contributed by atoms with Crippen molar-refractivity contribution in [3.63, 3.8) is 0 Å². The summed E-state index contributed by atoms with van der Waals surface area (Å²) in [6, 6.07) is 6.20. The third kappa shape index (κ3) is 4.27. The fraction of sp³-hybridized carbons (Fsp3) is 0.571. The standard InChI is InChI=1S/C14H24N2O/c1-6-17-13-8-7-12(9-11(13)2)16-10-14(3,4)15-5/h7-9,15-16H,6,10H2,1-5H3. The van der Waals surface area contributed by atoms with Gasteiger partial charge in [0.05, 0.1) is 6.61 Å². The summed E-state index contributed by atoms with van der Waals surface area (Å²) in [6.07, 6.45) is 0. The molecule has 3 heteroatoms. The molecule has 0 spiro atoms. The van der Waals surface area contributed by atoms with E-state index in [1.165, 1.54) is 5.56 Å². The van der Waals surface area contributed by atoms with Crippen LogP contribution >= 0.6 is 0 Å². The van der Waals surface area contributed by atoms with Crippen LogP contribution in [-0.2, 0) is 0 Å². The first-order chi connectivity index (χ1) is 7.98. The van der Waals surface area contributed by atoms with Gasteiger partial charge in [0.15, 0.2) is 0 Å². The van der Waals surface area contributed by atoms with Crippen molar-refractivity contribution in [1.29, 1.82) is 0 Å². The van der Waals surface area contributed by atoms with Gasteiger partial charge < -0.3 is 15.4 Å². The maximum Gasteiger partial charge on any atom is 0.122 e. The molecular formula is C14H24N2O. The number of hydrogen-bond donors (Lipinski definition) is 2. The van der Waals surface area contributed by atoms with Crippen molar-refractivity contribution >= 4 is 5.69 Å². The highest BCUT2D eigenvalue weighted by molar-refractivity contribution is 5.51. The zero-order chi connectivity index (χ0) is 12.9. The van der Waals surface area contributed by atoms with E-state index < -0.39 is 0 Å². The van der Waals surface area contributed by atoms with E-state index in [0.717, 1.165) is 18.0 Å². The van der Waals surface area contributed by atoms with Crippen LogP contribution in [0.5, 0.6) is 5.75 Å². The van der Waals surface area contributed by atoms with Crippen LogP contribution in [-0.4, -0.2) is 25.7 Å². The number of rotatable bonds is 6. The van der Waals surface area contributed by atoms with Crippen LogP contribution in [0.1, 0.15) is 26.3 Å². The molecule has 0 atom stereocenters. The van der Waals surface area contributed by atoms with Gasteiger partial charge in [-0.25, -0.2) is 0 Å². The van der Waals surface area contributed by atoms with Crippen LogP contribution < -0.4 is 15.4 Å². The summed E-state index contributed by atoms with van der Waals surface area (Å²) in [5.41, 5.74) is 2.39. The van der Waals surface area contributed by atoms with Gasteiger partial charge in [0, 0.05) is 17.8 Å². The molecule has 1 rings (SSSR count). The normalized spacial score (nSPS) is 11.4. The van der Waals surface area contributed by atoms with Crippen molar-refractivity contribution < 1.29 is 4.74 Å². The molecule has 0 saturated heterocycles. The Balaban J connectivity index is 2.64. The van der Waals surface area contributed by atoms with E-state index in [4.69, 9.17) is 4.74 Å². The fourth-order valence-corrected chi connectivity index (χ4v) is 1.49. The lowest BCUT2D eigenvalue weighted by molar-refractivity contribution is 0.338. The number of ether oxygens (including phenoxy) is 1. The van der Waals surface area contributed by atoms with Crippen LogP contribution in [0.25, 0.3) is 0 Å². The van der Waals surface area contributed by atoms with Gasteiger partial charge in [-0.1, -0.05) is 0 Å². The topological polar surface area (TPSA) is 33.3 Å². The summed E-state index contributed by atoms with van der Waals surface area (Å²) in [5.74, 6) is 0.964. The highest BCUT2D eigenvalue weighted by atomic mass is 16.5. The molecule has 3 nitrogen and oxygen atoms in total. The monoisotopic (exact) mass is 236 g/mol. The second-order valence-corrected chi connectivity index (χ2v) is 4.90. The summed E-state index contributed by atoms with van der Waals surface area (Å²) in [7, 11) is 1.98. The number of aryl methyl sites for hydroxylation is 1. The molecule has 0 bridgehead atoms. The first-order valence-corrected chi connectivity index (χ1v) is 6.15. The third-order valence-corrected chi connectivity index (χ3v) is 2.89. The highest BCUT2D eigenvalue weighted by Crippen LogP contribution is 2.22.